The molecule has 0 heterocycles. The van der Waals surface area contributed by atoms with Gasteiger partial charge in [0.05, 0.1) is 6.61 Å². The van der Waals surface area contributed by atoms with Crippen molar-refractivity contribution in [3.8, 4) is 11.8 Å². The number of esters is 1. The predicted octanol–water partition coefficient (Wildman–Crippen LogP) is 4.65. The van der Waals surface area contributed by atoms with Gasteiger partial charge >= 0.3 is 5.97 Å². The second-order valence-electron chi connectivity index (χ2n) is 5.60. The number of benzene rings is 2. The van der Waals surface area contributed by atoms with Crippen LogP contribution in [0.4, 0.5) is 17.6 Å². The number of ether oxygens (including phenoxy) is 2. The van der Waals surface area contributed by atoms with E-state index in [4.69, 9.17) is 10.00 Å². The molecule has 0 fully saturated rings. The Morgan fingerprint density at radius 3 is 2.15 bits per heavy atom. The van der Waals surface area contributed by atoms with E-state index in [1.54, 1.807) is 0 Å². The van der Waals surface area contributed by atoms with Gasteiger partial charge in [0.15, 0.2) is 0 Å². The van der Waals surface area contributed by atoms with Crippen LogP contribution in [0.3, 0.4) is 0 Å². The van der Waals surface area contributed by atoms with Crippen LogP contribution in [0, 0.1) is 34.6 Å². The van der Waals surface area contributed by atoms with Crippen molar-refractivity contribution in [3.63, 3.8) is 0 Å². The van der Waals surface area contributed by atoms with Crippen molar-refractivity contribution in [1.82, 2.24) is 0 Å². The van der Waals surface area contributed by atoms with Gasteiger partial charge in [-0.1, -0.05) is 13.3 Å². The molecule has 0 spiro atoms. The molecule has 0 saturated carbocycles. The van der Waals surface area contributed by atoms with E-state index >= 15 is 0 Å². The fourth-order valence-electron chi connectivity index (χ4n) is 2.21. The summed E-state index contributed by atoms with van der Waals surface area (Å²) in [6.45, 7) is 2.36. The molecule has 0 aromatic heterocycles. The molecule has 8 heteroatoms. The predicted molar refractivity (Wildman–Crippen MR) is 87.0 cm³/mol. The van der Waals surface area contributed by atoms with E-state index in [1.165, 1.54) is 6.07 Å². The normalized spacial score (nSPS) is 10.5. The first-order valence-corrected chi connectivity index (χ1v) is 8.04. The average Bonchev–Trinajstić information content (AvgIpc) is 2.58. The summed E-state index contributed by atoms with van der Waals surface area (Å²) in [7, 11) is 0. The molecule has 2 aromatic rings. The van der Waals surface area contributed by atoms with Gasteiger partial charge in [0.2, 0.25) is 0 Å². The third-order valence-electron chi connectivity index (χ3n) is 3.55. The van der Waals surface area contributed by atoms with Gasteiger partial charge in [-0.3, -0.25) is 0 Å². The van der Waals surface area contributed by atoms with Crippen molar-refractivity contribution in [2.45, 2.75) is 26.4 Å². The van der Waals surface area contributed by atoms with E-state index in [0.29, 0.717) is 18.7 Å². The highest BCUT2D eigenvalue weighted by Crippen LogP contribution is 2.23. The van der Waals surface area contributed by atoms with E-state index in [1.807, 2.05) is 6.92 Å². The van der Waals surface area contributed by atoms with Crippen LogP contribution in [0.15, 0.2) is 24.3 Å². The third kappa shape index (κ3) is 5.05. The maximum Gasteiger partial charge on any atom is 0.349 e. The lowest BCUT2D eigenvalue weighted by Gasteiger charge is -2.09. The zero-order valence-corrected chi connectivity index (χ0v) is 14.3. The first kappa shape index (κ1) is 20.4. The Morgan fingerprint density at radius 1 is 1.04 bits per heavy atom. The number of hydrogen-bond donors (Lipinski definition) is 0. The second-order valence-corrected chi connectivity index (χ2v) is 5.60. The smallest absolute Gasteiger partial charge is 0.349 e. The molecular weight excluding hydrogens is 366 g/mol. The van der Waals surface area contributed by atoms with Crippen molar-refractivity contribution in [2.75, 3.05) is 6.61 Å². The van der Waals surface area contributed by atoms with Crippen LogP contribution >= 0.6 is 0 Å². The van der Waals surface area contributed by atoms with Crippen LogP contribution in [0.2, 0.25) is 0 Å². The first-order chi connectivity index (χ1) is 12.9. The Morgan fingerprint density at radius 2 is 1.63 bits per heavy atom. The highest BCUT2D eigenvalue weighted by molar-refractivity contribution is 5.91. The van der Waals surface area contributed by atoms with Crippen LogP contribution in [0.25, 0.3) is 0 Å². The number of halogens is 4. The molecule has 0 atom stereocenters. The molecule has 2 rings (SSSR count). The van der Waals surface area contributed by atoms with Gasteiger partial charge < -0.3 is 9.47 Å². The van der Waals surface area contributed by atoms with Gasteiger partial charge in [-0.05, 0) is 24.1 Å². The number of hydrogen-bond acceptors (Lipinski definition) is 4. The summed E-state index contributed by atoms with van der Waals surface area (Å²) in [5.41, 5.74) is -1.68. The highest BCUT2D eigenvalue weighted by atomic mass is 19.1. The summed E-state index contributed by atoms with van der Waals surface area (Å²) in [4.78, 5) is 12.0. The minimum Gasteiger partial charge on any atom is -0.423 e. The molecule has 142 valence electrons. The van der Waals surface area contributed by atoms with Gasteiger partial charge in [-0.15, -0.1) is 0 Å². The molecule has 0 aliphatic rings. The van der Waals surface area contributed by atoms with Gasteiger partial charge in [0.1, 0.15) is 46.2 Å². The fraction of sp³-hybridized carbons (Fsp3) is 0.263. The van der Waals surface area contributed by atoms with E-state index < -0.39 is 46.1 Å². The Balaban J connectivity index is 2.18. The third-order valence-corrected chi connectivity index (χ3v) is 3.55. The monoisotopic (exact) mass is 381 g/mol. The molecule has 0 aliphatic heterocycles. The fourth-order valence-corrected chi connectivity index (χ4v) is 2.21. The number of carbonyl (C=O) groups is 1. The SMILES string of the molecule is CCCCOCc1cc(F)c(C(=O)Oc2cc(F)c(C#N)c(F)c2)c(F)c1. The van der Waals surface area contributed by atoms with Crippen molar-refractivity contribution in [1.29, 1.82) is 5.26 Å². The largest absolute Gasteiger partial charge is 0.423 e. The minimum atomic E-state index is -1.47. The molecule has 0 N–H and O–H groups in total. The summed E-state index contributed by atoms with van der Waals surface area (Å²) in [5, 5.41) is 8.59. The molecular formula is C19H15F4NO3. The zero-order valence-electron chi connectivity index (χ0n) is 14.3. The number of carbonyl (C=O) groups excluding carboxylic acids is 1. The number of unbranched alkanes of at least 4 members (excludes halogenated alkanes) is 1. The van der Waals surface area contributed by atoms with Gasteiger partial charge in [-0.25, -0.2) is 22.4 Å². The Bertz CT molecular complexity index is 847. The molecule has 4 nitrogen and oxygen atoms in total. The maximum absolute atomic E-state index is 14.1. The Labute approximate surface area is 152 Å². The van der Waals surface area contributed by atoms with Gasteiger partial charge in [0, 0.05) is 18.7 Å². The number of nitrogens with zero attached hydrogens (tertiary/aromatic N) is 1. The number of nitriles is 1. The molecule has 0 aliphatic carbocycles. The van der Waals surface area contributed by atoms with E-state index in [2.05, 4.69) is 4.74 Å². The molecule has 2 aromatic carbocycles. The maximum atomic E-state index is 14.1. The van der Waals surface area contributed by atoms with Crippen molar-refractivity contribution < 1.29 is 31.8 Å². The van der Waals surface area contributed by atoms with E-state index in [-0.39, 0.29) is 12.2 Å². The molecule has 0 radical (unpaired) electrons. The van der Waals surface area contributed by atoms with Crippen LogP contribution in [0.5, 0.6) is 5.75 Å². The van der Waals surface area contributed by atoms with Crippen LogP contribution in [-0.4, -0.2) is 12.6 Å². The van der Waals surface area contributed by atoms with Crippen LogP contribution < -0.4 is 4.74 Å². The summed E-state index contributed by atoms with van der Waals surface area (Å²) >= 11 is 0. The summed E-state index contributed by atoms with van der Waals surface area (Å²) in [5.74, 6) is -7.00. The summed E-state index contributed by atoms with van der Waals surface area (Å²) in [6, 6.07) is 4.30. The Hall–Kier alpha value is -2.92. The van der Waals surface area contributed by atoms with Gasteiger partial charge in [0.25, 0.3) is 0 Å². The highest BCUT2D eigenvalue weighted by Gasteiger charge is 2.22. The average molecular weight is 381 g/mol. The molecule has 0 unspecified atom stereocenters. The molecule has 0 amide bonds. The van der Waals surface area contributed by atoms with E-state index in [0.717, 1.165) is 25.0 Å². The second kappa shape index (κ2) is 9.14. The lowest BCUT2D eigenvalue weighted by Crippen LogP contribution is -2.14. The molecule has 0 saturated heterocycles. The molecule has 27 heavy (non-hydrogen) atoms. The summed E-state index contributed by atoms with van der Waals surface area (Å²) in [6.07, 6.45) is 1.71. The zero-order chi connectivity index (χ0) is 20.0. The molecule has 0 bridgehead atoms. The van der Waals surface area contributed by atoms with Crippen molar-refractivity contribution >= 4 is 5.97 Å². The summed E-state index contributed by atoms with van der Waals surface area (Å²) < 4.78 is 65.2. The van der Waals surface area contributed by atoms with Crippen molar-refractivity contribution in [2.24, 2.45) is 0 Å². The lowest BCUT2D eigenvalue weighted by atomic mass is 10.1. The van der Waals surface area contributed by atoms with E-state index in [9.17, 15) is 22.4 Å². The lowest BCUT2D eigenvalue weighted by molar-refractivity contribution is 0.0723. The quantitative estimate of drug-likeness (QED) is 0.303. The van der Waals surface area contributed by atoms with Gasteiger partial charge in [-0.2, -0.15) is 5.26 Å². The topological polar surface area (TPSA) is 59.3 Å². The van der Waals surface area contributed by atoms with Crippen molar-refractivity contribution in [3.05, 3.63) is 64.2 Å². The van der Waals surface area contributed by atoms with Crippen LogP contribution in [0.1, 0.15) is 41.3 Å². The van der Waals surface area contributed by atoms with Crippen LogP contribution in [-0.2, 0) is 11.3 Å². The first-order valence-electron chi connectivity index (χ1n) is 8.04. The Kier molecular flexibility index (Phi) is 6.91. The number of rotatable bonds is 7. The minimum absolute atomic E-state index is 0.0325. The standard InChI is InChI=1S/C19H15F4NO3/c1-2-3-4-26-10-11-5-16(22)18(17(23)6-11)19(25)27-12-7-14(20)13(9-24)15(21)8-12/h5-8H,2-4,10H2,1H3.